The van der Waals surface area contributed by atoms with E-state index in [9.17, 15) is 29.4 Å². The molecule has 0 spiro atoms. The minimum atomic E-state index is -0.983. The Hall–Kier alpha value is -5.37. The molecule has 19 heteroatoms. The Kier molecular flexibility index (Phi) is 15.7. The Labute approximate surface area is 439 Å². The number of aliphatic hydroxyl groups is 2. The number of halogens is 1. The van der Waals surface area contributed by atoms with Crippen LogP contribution in [0.4, 0.5) is 0 Å². The van der Waals surface area contributed by atoms with Crippen molar-refractivity contribution >= 4 is 63.6 Å². The molecule has 388 valence electrons. The van der Waals surface area contributed by atoms with E-state index in [-0.39, 0.29) is 68.4 Å². The number of thiophene rings is 1. The van der Waals surface area contributed by atoms with Crippen molar-refractivity contribution in [3.05, 3.63) is 104 Å². The minimum Gasteiger partial charge on any atom is -0.394 e. The molecule has 9 rings (SSSR count). The summed E-state index contributed by atoms with van der Waals surface area (Å²) in [6, 6.07) is 12.0. The van der Waals surface area contributed by atoms with E-state index in [2.05, 4.69) is 45.0 Å². The number of aromatic nitrogens is 4. The van der Waals surface area contributed by atoms with Gasteiger partial charge in [0.15, 0.2) is 5.82 Å². The highest BCUT2D eigenvalue weighted by atomic mass is 35.5. The zero-order valence-electron chi connectivity index (χ0n) is 42.5. The van der Waals surface area contributed by atoms with Gasteiger partial charge in [0, 0.05) is 46.5 Å². The van der Waals surface area contributed by atoms with Crippen LogP contribution < -0.4 is 16.0 Å². The lowest BCUT2D eigenvalue weighted by Gasteiger charge is -2.40. The number of nitrogens with one attached hydrogen (secondary N) is 3. The number of ether oxygens (including phenoxy) is 1. The van der Waals surface area contributed by atoms with Crippen molar-refractivity contribution in [2.24, 2.45) is 16.3 Å². The lowest BCUT2D eigenvalue weighted by Crippen LogP contribution is -2.58. The molecule has 3 aromatic heterocycles. The highest BCUT2D eigenvalue weighted by Crippen LogP contribution is 2.40. The average Bonchev–Trinajstić information content (AvgIpc) is 4.11. The third kappa shape index (κ3) is 11.5. The zero-order valence-corrected chi connectivity index (χ0v) is 44.9. The fourth-order valence-electron chi connectivity index (χ4n) is 10.7. The summed E-state index contributed by atoms with van der Waals surface area (Å²) in [5.74, 6) is 0.230. The Bertz CT molecular complexity index is 2860. The second-order valence-electron chi connectivity index (χ2n) is 21.3. The van der Waals surface area contributed by atoms with Gasteiger partial charge in [0.25, 0.3) is 0 Å². The quantitative estimate of drug-likeness (QED) is 0.0694. The molecule has 5 atom stereocenters. The summed E-state index contributed by atoms with van der Waals surface area (Å²) >= 11 is 9.49. The number of likely N-dealkylation sites (tertiary alicyclic amines) is 1. The van der Waals surface area contributed by atoms with Gasteiger partial charge >= 0.3 is 0 Å². The Balaban J connectivity index is 0.740. The maximum atomic E-state index is 14.3. The number of aliphatic imine (C=N–C) groups is 1. The number of thiazole rings is 1. The van der Waals surface area contributed by atoms with Gasteiger partial charge in [-0.05, 0) is 106 Å². The monoisotopic (exact) mass is 1050 g/mol. The smallest absolute Gasteiger partial charge is 0.246 e. The maximum absolute atomic E-state index is 14.3. The summed E-state index contributed by atoms with van der Waals surface area (Å²) in [6.07, 6.45) is 4.22. The van der Waals surface area contributed by atoms with Gasteiger partial charge in [-0.2, -0.15) is 0 Å². The summed E-state index contributed by atoms with van der Waals surface area (Å²) in [6.45, 7) is 13.3. The number of fused-ring (bicyclic) bond motifs is 3. The Morgan fingerprint density at radius 2 is 1.58 bits per heavy atom. The van der Waals surface area contributed by atoms with Gasteiger partial charge in [-0.3, -0.25) is 28.7 Å². The van der Waals surface area contributed by atoms with Gasteiger partial charge < -0.3 is 35.8 Å². The summed E-state index contributed by atoms with van der Waals surface area (Å²) in [5.41, 5.74) is 7.57. The number of benzene rings is 2. The van der Waals surface area contributed by atoms with Crippen molar-refractivity contribution in [1.29, 1.82) is 0 Å². The van der Waals surface area contributed by atoms with Crippen LogP contribution in [0.25, 0.3) is 15.4 Å². The minimum absolute atomic E-state index is 0.0128. The molecule has 73 heavy (non-hydrogen) atoms. The van der Waals surface area contributed by atoms with E-state index < -0.39 is 47.5 Å². The third-order valence-electron chi connectivity index (χ3n) is 15.0. The lowest BCUT2D eigenvalue weighted by molar-refractivity contribution is -0.144. The molecule has 0 radical (unpaired) electrons. The average molecular weight is 1050 g/mol. The first kappa shape index (κ1) is 52.5. The number of aryl methyl sites for hydroxylation is 3. The van der Waals surface area contributed by atoms with Crippen LogP contribution in [0.5, 0.6) is 0 Å². The van der Waals surface area contributed by atoms with Crippen molar-refractivity contribution in [3.8, 4) is 15.4 Å². The molecule has 3 fully saturated rings. The number of carbonyl (C=O) groups excluding carboxylic acids is 4. The highest BCUT2D eigenvalue weighted by Gasteiger charge is 2.45. The van der Waals surface area contributed by atoms with Crippen molar-refractivity contribution in [2.45, 2.75) is 155 Å². The summed E-state index contributed by atoms with van der Waals surface area (Å²) in [5, 5.41) is 40.8. The summed E-state index contributed by atoms with van der Waals surface area (Å²) in [7, 11) is 0. The highest BCUT2D eigenvalue weighted by molar-refractivity contribution is 7.15. The molecule has 4 aliphatic rings. The van der Waals surface area contributed by atoms with Crippen molar-refractivity contribution in [3.63, 3.8) is 0 Å². The number of hydrogen-bond acceptors (Lipinski definition) is 13. The van der Waals surface area contributed by atoms with Crippen LogP contribution >= 0.6 is 34.3 Å². The molecule has 2 aromatic carbocycles. The van der Waals surface area contributed by atoms with Crippen LogP contribution in [0, 0.1) is 39.0 Å². The van der Waals surface area contributed by atoms with E-state index in [0.717, 1.165) is 75.0 Å². The molecule has 5 aromatic rings. The van der Waals surface area contributed by atoms with Crippen LogP contribution in [0.3, 0.4) is 0 Å². The van der Waals surface area contributed by atoms with E-state index in [1.54, 1.807) is 16.8 Å². The molecule has 0 bridgehead atoms. The number of amides is 4. The van der Waals surface area contributed by atoms with Crippen LogP contribution in [0.2, 0.25) is 5.02 Å². The molecular formula is C54H66ClN9O7S2. The molecule has 0 unspecified atom stereocenters. The first-order valence-electron chi connectivity index (χ1n) is 25.4. The van der Waals surface area contributed by atoms with Crippen molar-refractivity contribution in [2.75, 3.05) is 13.2 Å². The predicted octanol–water partition coefficient (Wildman–Crippen LogP) is 7.58. The van der Waals surface area contributed by atoms with Gasteiger partial charge in [0.1, 0.15) is 29.0 Å². The number of rotatable bonds is 15. The van der Waals surface area contributed by atoms with E-state index in [0.29, 0.717) is 29.3 Å². The standard InChI is InChI=1S/C54H66ClN9O7S2/c1-28-30(3)73-53-46(28)47(34-14-16-36(55)17-15-34)58-41(50-62-61-31(4)64(50)53)24-45(68)57-37-21-40(22-37)71-39-18-8-32(9-19-39)20-44(67)60-49(54(5,6)7)52(70)63-25-38(66)23-43(63)51(69)59-42(26-65)33-10-12-35(13-11-33)48-29(2)56-27-72-48/h10-17,27,32,37-43,49,65-66H,8-9,18-26H2,1-7H3,(H,57,68)(H,59,69)(H,60,67)/t32?,37?,38-,39?,40?,41+,42+,43+,49-/m1/s1. The van der Waals surface area contributed by atoms with Gasteiger partial charge in [-0.25, -0.2) is 4.98 Å². The maximum Gasteiger partial charge on any atom is 0.246 e. The number of carbonyl (C=O) groups is 4. The SMILES string of the molecule is Cc1ncsc1-c1ccc([C@H](CO)NC(=O)[C@@H]2C[C@@H](O)CN2C(=O)[C@@H](NC(=O)CC2CCC(OC3CC(NC(=O)C[C@@H]4N=C(c5ccc(Cl)cc5)c5c(sc(C)c5C)-n5c(C)nnc54)C3)CC2)C(C)(C)C)cc1. The van der Waals surface area contributed by atoms with E-state index in [4.69, 9.17) is 21.3 Å². The van der Waals surface area contributed by atoms with Gasteiger partial charge in [-0.1, -0.05) is 68.8 Å². The van der Waals surface area contributed by atoms with E-state index >= 15 is 0 Å². The van der Waals surface area contributed by atoms with E-state index in [1.807, 2.05) is 87.7 Å². The number of hydrogen-bond donors (Lipinski definition) is 5. The second kappa shape index (κ2) is 21.8. The molecular weight excluding hydrogens is 986 g/mol. The molecule has 1 saturated heterocycles. The topological polar surface area (TPSA) is 213 Å². The molecule has 2 aliphatic carbocycles. The molecule has 16 nitrogen and oxygen atoms in total. The predicted molar refractivity (Wildman–Crippen MR) is 282 cm³/mol. The fourth-order valence-corrected chi connectivity index (χ4v) is 12.8. The number of aliphatic hydroxyl groups excluding tert-OH is 2. The van der Waals surface area contributed by atoms with Gasteiger partial charge in [-0.15, -0.1) is 32.9 Å². The third-order valence-corrected chi connectivity index (χ3v) is 17.4. The molecule has 2 aliphatic heterocycles. The van der Waals surface area contributed by atoms with Gasteiger partial charge in [0.2, 0.25) is 23.6 Å². The van der Waals surface area contributed by atoms with Crippen molar-refractivity contribution < 1.29 is 34.1 Å². The van der Waals surface area contributed by atoms with Crippen LogP contribution in [0.1, 0.15) is 135 Å². The number of nitrogens with zero attached hydrogens (tertiary/aromatic N) is 6. The molecule has 5 N–H and O–H groups in total. The first-order chi connectivity index (χ1) is 34.8. The van der Waals surface area contributed by atoms with Crippen LogP contribution in [0.15, 0.2) is 59.0 Å². The largest absolute Gasteiger partial charge is 0.394 e. The normalized spacial score (nSPS) is 23.6. The zero-order chi connectivity index (χ0) is 51.9. The van der Waals surface area contributed by atoms with Crippen LogP contribution in [-0.2, 0) is 23.9 Å². The summed E-state index contributed by atoms with van der Waals surface area (Å²) < 4.78 is 8.57. The molecule has 5 heterocycles. The van der Waals surface area contributed by atoms with Crippen LogP contribution in [-0.4, -0.2) is 114 Å². The first-order valence-corrected chi connectivity index (χ1v) is 27.4. The summed E-state index contributed by atoms with van der Waals surface area (Å²) in [4.78, 5) is 68.7. The molecule has 2 saturated carbocycles. The number of β-amino-alcohol motifs (C(OH)–C–C–N with tert-alkyl or cyclic N) is 1. The second-order valence-corrected chi connectivity index (χ2v) is 23.8. The Morgan fingerprint density at radius 3 is 2.23 bits per heavy atom. The molecule has 4 amide bonds. The Morgan fingerprint density at radius 1 is 0.877 bits per heavy atom. The lowest BCUT2D eigenvalue weighted by atomic mass is 9.83. The van der Waals surface area contributed by atoms with Crippen molar-refractivity contribution in [1.82, 2.24) is 40.6 Å². The van der Waals surface area contributed by atoms with E-state index in [1.165, 1.54) is 21.1 Å². The van der Waals surface area contributed by atoms with Gasteiger partial charge in [0.05, 0.1) is 59.2 Å². The fraction of sp³-hybridized carbons (Fsp3) is 0.519.